The first-order chi connectivity index (χ1) is 5.41. The van der Waals surface area contributed by atoms with Crippen LogP contribution in [0.2, 0.25) is 0 Å². The topological polar surface area (TPSA) is 30.5 Å². The molecule has 1 aliphatic rings. The summed E-state index contributed by atoms with van der Waals surface area (Å²) in [4.78, 5) is 0. The lowest BCUT2D eigenvalue weighted by molar-refractivity contribution is 0.168. The van der Waals surface area contributed by atoms with E-state index in [1.165, 1.54) is 0 Å². The molecule has 0 unspecified atom stereocenters. The van der Waals surface area contributed by atoms with Crippen molar-refractivity contribution >= 4 is 18.4 Å². The van der Waals surface area contributed by atoms with Crippen molar-refractivity contribution in [3.05, 3.63) is 0 Å². The van der Waals surface area contributed by atoms with Gasteiger partial charge in [-0.15, -0.1) is 0 Å². The minimum absolute atomic E-state index is 0.0349. The lowest BCUT2D eigenvalue weighted by Gasteiger charge is -2.33. The van der Waals surface area contributed by atoms with Gasteiger partial charge in [-0.3, -0.25) is 0 Å². The Balaban J connectivity index is 2.53. The molecule has 3 nitrogen and oxygen atoms in total. The van der Waals surface area contributed by atoms with Gasteiger partial charge in [-0.1, -0.05) is 0 Å². The van der Waals surface area contributed by atoms with Crippen molar-refractivity contribution in [1.82, 2.24) is 5.09 Å². The van der Waals surface area contributed by atoms with Crippen LogP contribution in [0.3, 0.4) is 0 Å². The first kappa shape index (κ1) is 10.6. The number of hydrogen-bond acceptors (Lipinski definition) is 3. The Kier molecular flexibility index (Phi) is 3.29. The largest absolute Gasteiger partial charge is 0.318 e. The average Bonchev–Trinajstić information content (AvgIpc) is 1.83. The van der Waals surface area contributed by atoms with Crippen LogP contribution < -0.4 is 5.09 Å². The van der Waals surface area contributed by atoms with Crippen LogP contribution in [0.15, 0.2) is 0 Å². The molecule has 12 heavy (non-hydrogen) atoms. The minimum Gasteiger partial charge on any atom is -0.318 e. The zero-order valence-corrected chi connectivity index (χ0v) is 9.50. The van der Waals surface area contributed by atoms with Gasteiger partial charge in [0, 0.05) is 5.54 Å². The second-order valence-electron chi connectivity index (χ2n) is 3.88. The van der Waals surface area contributed by atoms with Crippen molar-refractivity contribution in [2.24, 2.45) is 0 Å². The van der Waals surface area contributed by atoms with E-state index in [-0.39, 0.29) is 5.54 Å². The Morgan fingerprint density at radius 1 is 1.25 bits per heavy atom. The predicted molar refractivity (Wildman–Crippen MR) is 53.7 cm³/mol. The smallest absolute Gasteiger partial charge is 0.261 e. The molecule has 1 rings (SSSR count). The Labute approximate surface area is 79.0 Å². The Morgan fingerprint density at radius 3 is 2.17 bits per heavy atom. The van der Waals surface area contributed by atoms with Gasteiger partial charge in [0.2, 0.25) is 0 Å². The van der Waals surface area contributed by atoms with Gasteiger partial charge in [0.1, 0.15) is 0 Å². The normalized spacial score (nSPS) is 23.9. The average molecular weight is 209 g/mol. The van der Waals surface area contributed by atoms with E-state index in [9.17, 15) is 0 Å². The van der Waals surface area contributed by atoms with Crippen molar-refractivity contribution in [2.75, 3.05) is 13.2 Å². The highest BCUT2D eigenvalue weighted by atomic mass is 32.5. The van der Waals surface area contributed by atoms with Crippen LogP contribution in [0, 0.1) is 0 Å². The van der Waals surface area contributed by atoms with Crippen LogP contribution in [0.4, 0.5) is 0 Å². The molecule has 0 radical (unpaired) electrons. The molecule has 0 aromatic carbocycles. The van der Waals surface area contributed by atoms with Crippen LogP contribution >= 0.6 is 6.64 Å². The number of hydrogen-bond donors (Lipinski definition) is 1. The van der Waals surface area contributed by atoms with E-state index in [1.807, 2.05) is 0 Å². The molecule has 0 atom stereocenters. The van der Waals surface area contributed by atoms with Crippen LogP contribution in [0.1, 0.15) is 27.2 Å². The summed E-state index contributed by atoms with van der Waals surface area (Å²) in [6.07, 6.45) is 0.949. The molecule has 0 bridgehead atoms. The monoisotopic (exact) mass is 209 g/mol. The lowest BCUT2D eigenvalue weighted by Crippen LogP contribution is -2.35. The van der Waals surface area contributed by atoms with Crippen molar-refractivity contribution in [3.63, 3.8) is 0 Å². The van der Waals surface area contributed by atoms with Gasteiger partial charge in [0.15, 0.2) is 0 Å². The highest BCUT2D eigenvalue weighted by Gasteiger charge is 2.27. The summed E-state index contributed by atoms with van der Waals surface area (Å²) >= 11 is 5.26. The van der Waals surface area contributed by atoms with Crippen molar-refractivity contribution in [1.29, 1.82) is 0 Å². The van der Waals surface area contributed by atoms with Gasteiger partial charge >= 0.3 is 0 Å². The Bertz CT molecular complexity index is 192. The Hall–Kier alpha value is 0.530. The molecule has 0 aromatic heterocycles. The fraction of sp³-hybridized carbons (Fsp3) is 1.00. The van der Waals surface area contributed by atoms with Crippen LogP contribution in [0.25, 0.3) is 0 Å². The zero-order valence-electron chi connectivity index (χ0n) is 7.79. The summed E-state index contributed by atoms with van der Waals surface area (Å²) in [6, 6.07) is 0. The first-order valence-corrected chi connectivity index (χ1v) is 6.74. The maximum Gasteiger partial charge on any atom is 0.261 e. The quantitative estimate of drug-likeness (QED) is 0.669. The molecule has 72 valence electrons. The zero-order chi connectivity index (χ0) is 9.24. The van der Waals surface area contributed by atoms with Crippen molar-refractivity contribution < 1.29 is 9.05 Å². The summed E-state index contributed by atoms with van der Waals surface area (Å²) in [5.74, 6) is 0. The minimum atomic E-state index is -2.15. The molecule has 1 aliphatic heterocycles. The van der Waals surface area contributed by atoms with E-state index >= 15 is 0 Å². The van der Waals surface area contributed by atoms with E-state index < -0.39 is 6.64 Å². The molecule has 1 saturated heterocycles. The third-order valence-corrected chi connectivity index (χ3v) is 4.18. The predicted octanol–water partition coefficient (Wildman–Crippen LogP) is 2.04. The second kappa shape index (κ2) is 3.72. The summed E-state index contributed by atoms with van der Waals surface area (Å²) in [5, 5.41) is 3.22. The SMILES string of the molecule is CC(C)(C)NP1(=S)OCCCO1. The highest BCUT2D eigenvalue weighted by Crippen LogP contribution is 2.48. The van der Waals surface area contributed by atoms with E-state index in [0.29, 0.717) is 0 Å². The standard InChI is InChI=1S/C7H16NO2PS/c1-7(2,3)8-11(12)9-5-4-6-10-11/h4-6H2,1-3H3,(H,8,12). The van der Waals surface area contributed by atoms with E-state index in [1.54, 1.807) is 0 Å². The number of nitrogens with one attached hydrogen (secondary N) is 1. The lowest BCUT2D eigenvalue weighted by atomic mass is 10.1. The maximum atomic E-state index is 5.43. The molecule has 0 amide bonds. The van der Waals surface area contributed by atoms with Crippen LogP contribution in [0.5, 0.6) is 0 Å². The molecule has 0 aliphatic carbocycles. The molecular weight excluding hydrogens is 193 g/mol. The number of rotatable bonds is 1. The fourth-order valence-corrected chi connectivity index (χ4v) is 3.97. The molecular formula is C7H16NO2PS. The van der Waals surface area contributed by atoms with E-state index in [0.717, 1.165) is 19.6 Å². The van der Waals surface area contributed by atoms with E-state index in [4.69, 9.17) is 20.9 Å². The van der Waals surface area contributed by atoms with Crippen molar-refractivity contribution in [3.8, 4) is 0 Å². The first-order valence-electron chi connectivity index (χ1n) is 4.10. The highest BCUT2D eigenvalue weighted by molar-refractivity contribution is 8.09. The molecule has 0 spiro atoms. The molecule has 1 fully saturated rings. The fourth-order valence-electron chi connectivity index (χ4n) is 0.941. The Morgan fingerprint density at radius 2 is 1.75 bits per heavy atom. The van der Waals surface area contributed by atoms with Crippen LogP contribution in [-0.2, 0) is 20.9 Å². The van der Waals surface area contributed by atoms with Gasteiger partial charge in [-0.05, 0) is 39.0 Å². The summed E-state index contributed by atoms with van der Waals surface area (Å²) in [5.41, 5.74) is -0.0349. The summed E-state index contributed by atoms with van der Waals surface area (Å²) < 4.78 is 10.9. The summed E-state index contributed by atoms with van der Waals surface area (Å²) in [7, 11) is 0. The third kappa shape index (κ3) is 3.50. The molecule has 1 N–H and O–H groups in total. The van der Waals surface area contributed by atoms with Gasteiger partial charge < -0.3 is 9.05 Å². The third-order valence-electron chi connectivity index (χ3n) is 1.28. The van der Waals surface area contributed by atoms with Gasteiger partial charge in [0.05, 0.1) is 13.2 Å². The van der Waals surface area contributed by atoms with Crippen LogP contribution in [-0.4, -0.2) is 18.8 Å². The van der Waals surface area contributed by atoms with Gasteiger partial charge in [-0.2, -0.15) is 0 Å². The maximum absolute atomic E-state index is 5.43. The molecule has 0 aromatic rings. The molecule has 5 heteroatoms. The second-order valence-corrected chi connectivity index (χ2v) is 7.06. The summed E-state index contributed by atoms with van der Waals surface area (Å²) in [6.45, 7) is 5.47. The van der Waals surface area contributed by atoms with Crippen molar-refractivity contribution in [2.45, 2.75) is 32.7 Å². The van der Waals surface area contributed by atoms with E-state index in [2.05, 4.69) is 25.9 Å². The van der Waals surface area contributed by atoms with Gasteiger partial charge in [0.25, 0.3) is 6.64 Å². The van der Waals surface area contributed by atoms with Gasteiger partial charge in [-0.25, -0.2) is 5.09 Å². The molecule has 1 heterocycles. The molecule has 0 saturated carbocycles.